The van der Waals surface area contributed by atoms with Crippen molar-refractivity contribution in [3.8, 4) is 0 Å². The molecule has 0 radical (unpaired) electrons. The molecule has 1 aromatic heterocycles. The molecule has 5 heteroatoms. The van der Waals surface area contributed by atoms with E-state index in [-0.39, 0.29) is 12.2 Å². The highest BCUT2D eigenvalue weighted by Crippen LogP contribution is 2.07. The number of aliphatic carboxylic acids is 1. The van der Waals surface area contributed by atoms with Gasteiger partial charge in [-0.1, -0.05) is 6.07 Å². The summed E-state index contributed by atoms with van der Waals surface area (Å²) in [5.41, 5.74) is 5.85. The molecule has 0 aliphatic carbocycles. The van der Waals surface area contributed by atoms with Crippen LogP contribution in [0.4, 0.5) is 5.82 Å². The second-order valence-corrected chi connectivity index (χ2v) is 2.45. The number of carbonyl (C=O) groups excluding carboxylic acids is 1. The first kappa shape index (κ1) is 9.18. The van der Waals surface area contributed by atoms with E-state index in [4.69, 9.17) is 10.8 Å². The molecule has 5 nitrogen and oxygen atoms in total. The van der Waals surface area contributed by atoms with E-state index in [9.17, 15) is 9.59 Å². The summed E-state index contributed by atoms with van der Waals surface area (Å²) in [6.45, 7) is 0. The van der Waals surface area contributed by atoms with Crippen LogP contribution >= 0.6 is 0 Å². The van der Waals surface area contributed by atoms with E-state index in [1.165, 1.54) is 6.20 Å². The van der Waals surface area contributed by atoms with Crippen LogP contribution < -0.4 is 5.73 Å². The lowest BCUT2D eigenvalue weighted by atomic mass is 10.1. The lowest BCUT2D eigenvalue weighted by Gasteiger charge is -2.00. The fourth-order valence-electron chi connectivity index (χ4n) is 0.849. The number of carbonyl (C=O) groups is 2. The zero-order valence-corrected chi connectivity index (χ0v) is 6.73. The highest BCUT2D eigenvalue weighted by molar-refractivity contribution is 6.33. The Morgan fingerprint density at radius 1 is 1.54 bits per heavy atom. The zero-order chi connectivity index (χ0) is 9.84. The third-order valence-electron chi connectivity index (χ3n) is 1.52. The molecule has 1 rings (SSSR count). The number of nitrogens with two attached hydrogens (primary N) is 1. The number of hydrogen-bond donors (Lipinski definition) is 2. The van der Waals surface area contributed by atoms with Crippen molar-refractivity contribution in [3.63, 3.8) is 0 Å². The van der Waals surface area contributed by atoms with Gasteiger partial charge >= 0.3 is 5.97 Å². The predicted molar refractivity (Wildman–Crippen MR) is 45.0 cm³/mol. The van der Waals surface area contributed by atoms with Gasteiger partial charge in [0, 0.05) is 18.2 Å². The van der Waals surface area contributed by atoms with Crippen LogP contribution in [0, 0.1) is 0 Å². The normalized spacial score (nSPS) is 9.54. The average Bonchev–Trinajstić information content (AvgIpc) is 2.08. The number of nitrogens with zero attached hydrogens (tertiary/aromatic N) is 1. The molecule has 68 valence electrons. The molecular weight excluding hydrogens is 172 g/mol. The van der Waals surface area contributed by atoms with Crippen molar-refractivity contribution in [3.05, 3.63) is 23.9 Å². The minimum Gasteiger partial charge on any atom is -0.475 e. The average molecular weight is 180 g/mol. The van der Waals surface area contributed by atoms with Crippen molar-refractivity contribution < 1.29 is 14.7 Å². The molecule has 0 aromatic carbocycles. The van der Waals surface area contributed by atoms with E-state index in [1.54, 1.807) is 12.1 Å². The van der Waals surface area contributed by atoms with Crippen molar-refractivity contribution in [2.75, 3.05) is 5.73 Å². The van der Waals surface area contributed by atoms with Gasteiger partial charge in [-0.15, -0.1) is 0 Å². The SMILES string of the molecule is Nc1ncccc1CC(=O)C(=O)O. The summed E-state index contributed by atoms with van der Waals surface area (Å²) in [6, 6.07) is 3.17. The zero-order valence-electron chi connectivity index (χ0n) is 6.73. The Balaban J connectivity index is 2.81. The maximum absolute atomic E-state index is 10.8. The van der Waals surface area contributed by atoms with E-state index < -0.39 is 11.8 Å². The highest BCUT2D eigenvalue weighted by atomic mass is 16.4. The second kappa shape index (κ2) is 3.66. The number of aromatic nitrogens is 1. The molecule has 1 aromatic rings. The summed E-state index contributed by atoms with van der Waals surface area (Å²) < 4.78 is 0. The number of Topliss-reactive ketones (excluding diaryl/α,β-unsaturated/α-hetero) is 1. The number of hydrogen-bond acceptors (Lipinski definition) is 4. The summed E-state index contributed by atoms with van der Waals surface area (Å²) in [5.74, 6) is -2.15. The third kappa shape index (κ3) is 2.26. The monoisotopic (exact) mass is 180 g/mol. The first-order chi connectivity index (χ1) is 6.11. The number of carboxylic acids is 1. The minimum atomic E-state index is -1.46. The van der Waals surface area contributed by atoms with Gasteiger partial charge in [0.25, 0.3) is 0 Å². The maximum Gasteiger partial charge on any atom is 0.372 e. The van der Waals surface area contributed by atoms with Crippen LogP contribution in [0.15, 0.2) is 18.3 Å². The Hall–Kier alpha value is -1.91. The number of ketones is 1. The van der Waals surface area contributed by atoms with Crippen LogP contribution in [0.25, 0.3) is 0 Å². The molecule has 0 aliphatic heterocycles. The van der Waals surface area contributed by atoms with E-state index in [2.05, 4.69) is 4.98 Å². The molecule has 0 bridgehead atoms. The van der Waals surface area contributed by atoms with Gasteiger partial charge in [0.1, 0.15) is 5.82 Å². The van der Waals surface area contributed by atoms with Crippen LogP contribution in [-0.4, -0.2) is 21.8 Å². The lowest BCUT2D eigenvalue weighted by molar-refractivity contribution is -0.148. The summed E-state index contributed by atoms with van der Waals surface area (Å²) in [4.78, 5) is 24.7. The van der Waals surface area contributed by atoms with Crippen LogP contribution in [0.5, 0.6) is 0 Å². The topological polar surface area (TPSA) is 93.3 Å². The van der Waals surface area contributed by atoms with Crippen molar-refractivity contribution in [2.24, 2.45) is 0 Å². The molecular formula is C8H8N2O3. The van der Waals surface area contributed by atoms with E-state index in [1.807, 2.05) is 0 Å². The number of nitrogen functional groups attached to an aromatic ring is 1. The van der Waals surface area contributed by atoms with Crippen molar-refractivity contribution >= 4 is 17.6 Å². The Morgan fingerprint density at radius 3 is 2.77 bits per heavy atom. The fourth-order valence-corrected chi connectivity index (χ4v) is 0.849. The molecule has 1 heterocycles. The second-order valence-electron chi connectivity index (χ2n) is 2.45. The summed E-state index contributed by atoms with van der Waals surface area (Å²) >= 11 is 0. The number of rotatable bonds is 3. The van der Waals surface area contributed by atoms with Gasteiger partial charge in [-0.2, -0.15) is 0 Å². The Labute approximate surface area is 74.2 Å². The number of anilines is 1. The molecule has 13 heavy (non-hydrogen) atoms. The quantitative estimate of drug-likeness (QED) is 0.631. The number of carboxylic acid groups (broad SMARTS) is 1. The molecule has 0 saturated heterocycles. The Morgan fingerprint density at radius 2 is 2.23 bits per heavy atom. The van der Waals surface area contributed by atoms with E-state index in [0.717, 1.165) is 0 Å². The van der Waals surface area contributed by atoms with Crippen LogP contribution in [0.1, 0.15) is 5.56 Å². The van der Waals surface area contributed by atoms with Gasteiger partial charge in [0.05, 0.1) is 0 Å². The molecule has 0 atom stereocenters. The molecule has 0 spiro atoms. The summed E-state index contributed by atoms with van der Waals surface area (Å²) in [5, 5.41) is 8.32. The number of pyridine rings is 1. The summed E-state index contributed by atoms with van der Waals surface area (Å²) in [6.07, 6.45) is 1.26. The first-order valence-corrected chi connectivity index (χ1v) is 3.56. The van der Waals surface area contributed by atoms with Gasteiger partial charge < -0.3 is 10.8 Å². The first-order valence-electron chi connectivity index (χ1n) is 3.56. The van der Waals surface area contributed by atoms with Gasteiger partial charge in [-0.3, -0.25) is 4.79 Å². The third-order valence-corrected chi connectivity index (χ3v) is 1.52. The van der Waals surface area contributed by atoms with Gasteiger partial charge in [0.15, 0.2) is 0 Å². The van der Waals surface area contributed by atoms with Crippen LogP contribution in [-0.2, 0) is 16.0 Å². The van der Waals surface area contributed by atoms with Gasteiger partial charge in [0.2, 0.25) is 5.78 Å². The van der Waals surface area contributed by atoms with Crippen molar-refractivity contribution in [2.45, 2.75) is 6.42 Å². The predicted octanol–water partition coefficient (Wildman–Crippen LogP) is -0.140. The van der Waals surface area contributed by atoms with Crippen LogP contribution in [0.3, 0.4) is 0 Å². The molecule has 0 amide bonds. The molecule has 0 aliphatic rings. The lowest BCUT2D eigenvalue weighted by Crippen LogP contribution is -2.16. The molecule has 0 fully saturated rings. The largest absolute Gasteiger partial charge is 0.475 e. The molecule has 3 N–H and O–H groups in total. The Kier molecular flexibility index (Phi) is 2.59. The van der Waals surface area contributed by atoms with Crippen molar-refractivity contribution in [1.82, 2.24) is 4.98 Å². The summed E-state index contributed by atoms with van der Waals surface area (Å²) in [7, 11) is 0. The maximum atomic E-state index is 10.8. The van der Waals surface area contributed by atoms with Crippen LogP contribution in [0.2, 0.25) is 0 Å². The molecule has 0 saturated carbocycles. The highest BCUT2D eigenvalue weighted by Gasteiger charge is 2.13. The van der Waals surface area contributed by atoms with Crippen molar-refractivity contribution in [1.29, 1.82) is 0 Å². The standard InChI is InChI=1S/C8H8N2O3/c9-7-5(2-1-3-10-7)4-6(11)8(12)13/h1-3H,4H2,(H2,9,10)(H,12,13). The fraction of sp³-hybridized carbons (Fsp3) is 0.125. The van der Waals surface area contributed by atoms with E-state index in [0.29, 0.717) is 5.56 Å². The van der Waals surface area contributed by atoms with E-state index >= 15 is 0 Å². The van der Waals surface area contributed by atoms with Gasteiger partial charge in [-0.25, -0.2) is 9.78 Å². The Bertz CT molecular complexity index is 349. The molecule has 0 unspecified atom stereocenters. The smallest absolute Gasteiger partial charge is 0.372 e. The van der Waals surface area contributed by atoms with Gasteiger partial charge in [-0.05, 0) is 6.07 Å². The minimum absolute atomic E-state index is 0.192.